The van der Waals surface area contributed by atoms with Gasteiger partial charge in [0.25, 0.3) is 0 Å². The topological polar surface area (TPSA) is 65.0 Å². The minimum atomic E-state index is -1.93. The molecule has 1 atom stereocenters. The van der Waals surface area contributed by atoms with Crippen LogP contribution in [-0.2, 0) is 13.9 Å². The molecule has 0 bridgehead atoms. The molecule has 0 aromatic heterocycles. The van der Waals surface area contributed by atoms with Crippen LogP contribution >= 0.6 is 0 Å². The van der Waals surface area contributed by atoms with E-state index in [0.29, 0.717) is 18.4 Å². The monoisotopic (exact) mass is 408 g/mol. The first-order valence-electron chi connectivity index (χ1n) is 10.3. The summed E-state index contributed by atoms with van der Waals surface area (Å²) in [6, 6.07) is 8.96. The van der Waals surface area contributed by atoms with Crippen LogP contribution < -0.4 is 0 Å². The van der Waals surface area contributed by atoms with Crippen molar-refractivity contribution in [3.63, 3.8) is 0 Å². The Bertz CT molecular complexity index is 618. The van der Waals surface area contributed by atoms with E-state index in [1.807, 2.05) is 18.2 Å². The summed E-state index contributed by atoms with van der Waals surface area (Å²) in [5, 5.41) is 10.5. The van der Waals surface area contributed by atoms with E-state index in [1.54, 1.807) is 12.1 Å². The van der Waals surface area contributed by atoms with Crippen molar-refractivity contribution in [1.29, 1.82) is 0 Å². The fourth-order valence-corrected chi connectivity index (χ4v) is 4.03. The van der Waals surface area contributed by atoms with E-state index in [9.17, 15) is 9.90 Å². The molecule has 6 heteroatoms. The number of rotatable bonds is 8. The number of ether oxygens (including phenoxy) is 2. The third-order valence-electron chi connectivity index (χ3n) is 5.89. The Kier molecular flexibility index (Phi) is 7.85. The SMILES string of the molecule is CC(C)(C)[Si](C)(C)OCC(O)COC1(OC(=O)c2ccccc2)CCCCC1. The summed E-state index contributed by atoms with van der Waals surface area (Å²) in [6.07, 6.45) is 3.55. The normalized spacial score (nSPS) is 18.5. The molecule has 1 aromatic rings. The minimum Gasteiger partial charge on any atom is -0.429 e. The Morgan fingerprint density at radius 3 is 2.29 bits per heavy atom. The maximum absolute atomic E-state index is 12.5. The zero-order chi connectivity index (χ0) is 20.8. The second kappa shape index (κ2) is 9.52. The van der Waals surface area contributed by atoms with Crippen molar-refractivity contribution in [2.75, 3.05) is 13.2 Å². The lowest BCUT2D eigenvalue weighted by Gasteiger charge is -2.38. The summed E-state index contributed by atoms with van der Waals surface area (Å²) in [7, 11) is -1.93. The average molecular weight is 409 g/mol. The van der Waals surface area contributed by atoms with Gasteiger partial charge >= 0.3 is 5.97 Å². The molecule has 1 fully saturated rings. The fraction of sp³-hybridized carbons (Fsp3) is 0.682. The van der Waals surface area contributed by atoms with E-state index in [2.05, 4.69) is 33.9 Å². The van der Waals surface area contributed by atoms with Crippen molar-refractivity contribution < 1.29 is 23.8 Å². The number of aliphatic hydroxyl groups is 1. The van der Waals surface area contributed by atoms with Gasteiger partial charge in [0.05, 0.1) is 24.9 Å². The molecule has 0 radical (unpaired) electrons. The maximum Gasteiger partial charge on any atom is 0.340 e. The van der Waals surface area contributed by atoms with Gasteiger partial charge in [-0.1, -0.05) is 45.4 Å². The number of benzene rings is 1. The first-order valence-corrected chi connectivity index (χ1v) is 13.2. The van der Waals surface area contributed by atoms with E-state index >= 15 is 0 Å². The van der Waals surface area contributed by atoms with Crippen molar-refractivity contribution in [2.45, 2.75) is 82.9 Å². The summed E-state index contributed by atoms with van der Waals surface area (Å²) in [4.78, 5) is 12.5. The summed E-state index contributed by atoms with van der Waals surface area (Å²) in [6.45, 7) is 11.2. The number of hydrogen-bond donors (Lipinski definition) is 1. The van der Waals surface area contributed by atoms with Crippen molar-refractivity contribution in [2.24, 2.45) is 0 Å². The molecule has 2 rings (SSSR count). The van der Waals surface area contributed by atoms with Crippen molar-refractivity contribution >= 4 is 14.3 Å². The van der Waals surface area contributed by atoms with Crippen LogP contribution in [0.5, 0.6) is 0 Å². The third-order valence-corrected chi connectivity index (χ3v) is 10.4. The minimum absolute atomic E-state index is 0.0867. The molecule has 0 amide bonds. The van der Waals surface area contributed by atoms with E-state index < -0.39 is 20.2 Å². The molecule has 158 valence electrons. The predicted molar refractivity (Wildman–Crippen MR) is 113 cm³/mol. The molecule has 0 spiro atoms. The van der Waals surface area contributed by atoms with Gasteiger partial charge in [0, 0.05) is 12.8 Å². The van der Waals surface area contributed by atoms with Crippen LogP contribution in [0.4, 0.5) is 0 Å². The van der Waals surface area contributed by atoms with Crippen molar-refractivity contribution in [1.82, 2.24) is 0 Å². The lowest BCUT2D eigenvalue weighted by molar-refractivity contribution is -0.231. The maximum atomic E-state index is 12.5. The lowest BCUT2D eigenvalue weighted by atomic mass is 9.94. The molecule has 28 heavy (non-hydrogen) atoms. The highest BCUT2D eigenvalue weighted by atomic mass is 28.4. The highest BCUT2D eigenvalue weighted by Gasteiger charge is 2.39. The standard InChI is InChI=1S/C22H36O5Si/c1-21(2,3)28(4,5)26-17-19(23)16-25-22(14-10-7-11-15-22)27-20(24)18-12-8-6-9-13-18/h6,8-9,12-13,19,23H,7,10-11,14-17H2,1-5H3. The molecule has 0 saturated heterocycles. The largest absolute Gasteiger partial charge is 0.429 e. The smallest absolute Gasteiger partial charge is 0.340 e. The zero-order valence-corrected chi connectivity index (χ0v) is 19.0. The Balaban J connectivity index is 1.94. The van der Waals surface area contributed by atoms with Crippen LogP contribution in [0.1, 0.15) is 63.2 Å². The van der Waals surface area contributed by atoms with Gasteiger partial charge in [-0.2, -0.15) is 0 Å². The molecule has 1 aliphatic carbocycles. The van der Waals surface area contributed by atoms with Gasteiger partial charge in [0.1, 0.15) is 0 Å². The summed E-state index contributed by atoms with van der Waals surface area (Å²) in [5.41, 5.74) is 0.512. The average Bonchev–Trinajstić information content (AvgIpc) is 2.65. The van der Waals surface area contributed by atoms with Gasteiger partial charge in [0.2, 0.25) is 5.79 Å². The Morgan fingerprint density at radius 2 is 1.71 bits per heavy atom. The highest BCUT2D eigenvalue weighted by molar-refractivity contribution is 6.74. The zero-order valence-electron chi connectivity index (χ0n) is 18.0. The van der Waals surface area contributed by atoms with Gasteiger partial charge in [-0.05, 0) is 43.1 Å². The molecule has 0 aliphatic heterocycles. The van der Waals surface area contributed by atoms with Crippen LogP contribution in [0.2, 0.25) is 18.1 Å². The van der Waals surface area contributed by atoms with E-state index in [0.717, 1.165) is 19.3 Å². The molecule has 1 N–H and O–H groups in total. The van der Waals surface area contributed by atoms with Crippen LogP contribution in [0.25, 0.3) is 0 Å². The molecule has 1 saturated carbocycles. The fourth-order valence-electron chi connectivity index (χ4n) is 2.99. The van der Waals surface area contributed by atoms with Gasteiger partial charge in [-0.3, -0.25) is 0 Å². The van der Waals surface area contributed by atoms with Crippen molar-refractivity contribution in [3.8, 4) is 0 Å². The second-order valence-electron chi connectivity index (χ2n) is 9.26. The van der Waals surface area contributed by atoms with E-state index in [-0.39, 0.29) is 24.2 Å². The molecular formula is C22H36O5Si. The highest BCUT2D eigenvalue weighted by Crippen LogP contribution is 2.37. The lowest BCUT2D eigenvalue weighted by Crippen LogP contribution is -2.45. The Morgan fingerprint density at radius 1 is 1.11 bits per heavy atom. The van der Waals surface area contributed by atoms with Crippen LogP contribution in [-0.4, -0.2) is 44.5 Å². The summed E-state index contributed by atoms with van der Waals surface area (Å²) in [5.74, 6) is -1.34. The quantitative estimate of drug-likeness (QED) is 0.376. The van der Waals surface area contributed by atoms with Crippen molar-refractivity contribution in [3.05, 3.63) is 35.9 Å². The first kappa shape index (κ1) is 23.1. The number of carbonyl (C=O) groups excluding carboxylic acids is 1. The van der Waals surface area contributed by atoms with E-state index in [4.69, 9.17) is 13.9 Å². The predicted octanol–water partition coefficient (Wildman–Crippen LogP) is 4.90. The summed E-state index contributed by atoms with van der Waals surface area (Å²) >= 11 is 0. The van der Waals surface area contributed by atoms with Crippen LogP contribution in [0.3, 0.4) is 0 Å². The number of hydrogen-bond acceptors (Lipinski definition) is 5. The number of aliphatic hydroxyl groups excluding tert-OH is 1. The second-order valence-corrected chi connectivity index (χ2v) is 14.1. The molecule has 1 aliphatic rings. The van der Waals surface area contributed by atoms with Gasteiger partial charge in [0.15, 0.2) is 8.32 Å². The van der Waals surface area contributed by atoms with Gasteiger partial charge in [-0.25, -0.2) is 4.79 Å². The molecule has 0 heterocycles. The summed E-state index contributed by atoms with van der Waals surface area (Å²) < 4.78 is 17.9. The molecular weight excluding hydrogens is 372 g/mol. The van der Waals surface area contributed by atoms with Gasteiger partial charge < -0.3 is 19.0 Å². The Labute approximate surface area is 170 Å². The molecule has 1 aromatic carbocycles. The van der Waals surface area contributed by atoms with Crippen LogP contribution in [0.15, 0.2) is 30.3 Å². The number of esters is 1. The van der Waals surface area contributed by atoms with Crippen LogP contribution in [0, 0.1) is 0 Å². The number of carbonyl (C=O) groups is 1. The van der Waals surface area contributed by atoms with E-state index in [1.165, 1.54) is 0 Å². The first-order chi connectivity index (χ1) is 13.0. The third kappa shape index (κ3) is 6.41. The Hall–Kier alpha value is -1.21. The molecule has 1 unspecified atom stereocenters. The molecule has 5 nitrogen and oxygen atoms in total. The van der Waals surface area contributed by atoms with Gasteiger partial charge in [-0.15, -0.1) is 0 Å².